The van der Waals surface area contributed by atoms with Crippen molar-refractivity contribution < 1.29 is 9.59 Å². The number of hydrogen-bond donors (Lipinski definition) is 3. The van der Waals surface area contributed by atoms with Crippen LogP contribution in [0, 0.1) is 0 Å². The van der Waals surface area contributed by atoms with Crippen molar-refractivity contribution in [2.75, 3.05) is 18.4 Å². The smallest absolute Gasteiger partial charge is 0.253 e. The lowest BCUT2D eigenvalue weighted by molar-refractivity contribution is -0.118. The van der Waals surface area contributed by atoms with Gasteiger partial charge in [0.1, 0.15) is 5.82 Å². The van der Waals surface area contributed by atoms with Crippen LogP contribution in [-0.2, 0) is 4.79 Å². The second-order valence-corrected chi connectivity index (χ2v) is 5.11. The molecule has 0 aromatic carbocycles. The number of amides is 2. The fraction of sp³-hybridized carbons (Fsp3) is 0.462. The Morgan fingerprint density at radius 1 is 1.35 bits per heavy atom. The van der Waals surface area contributed by atoms with E-state index in [1.54, 1.807) is 6.07 Å². The average molecular weight is 297 g/mol. The van der Waals surface area contributed by atoms with E-state index in [0.29, 0.717) is 35.5 Å². The number of carbonyl (C=O) groups is 2. The molecular formula is C13H17ClN4O2. The van der Waals surface area contributed by atoms with Crippen molar-refractivity contribution in [1.82, 2.24) is 15.6 Å². The molecule has 1 saturated carbocycles. The van der Waals surface area contributed by atoms with E-state index in [-0.39, 0.29) is 11.8 Å². The zero-order valence-electron chi connectivity index (χ0n) is 11.2. The summed E-state index contributed by atoms with van der Waals surface area (Å²) in [6.07, 6.45) is 3.72. The molecule has 3 N–H and O–H groups in total. The maximum absolute atomic E-state index is 12.0. The summed E-state index contributed by atoms with van der Waals surface area (Å²) in [5.74, 6) is 0.252. The molecule has 1 aromatic rings. The molecule has 1 aromatic heterocycles. The highest BCUT2D eigenvalue weighted by Crippen LogP contribution is 2.25. The number of nitrogens with one attached hydrogen (secondary N) is 3. The Morgan fingerprint density at radius 3 is 2.70 bits per heavy atom. The van der Waals surface area contributed by atoms with Crippen molar-refractivity contribution >= 4 is 29.2 Å². The summed E-state index contributed by atoms with van der Waals surface area (Å²) in [5, 5.41) is 8.82. The lowest BCUT2D eigenvalue weighted by atomic mass is 10.2. The summed E-state index contributed by atoms with van der Waals surface area (Å²) in [6.45, 7) is 2.16. The van der Waals surface area contributed by atoms with E-state index >= 15 is 0 Å². The molecule has 0 saturated heterocycles. The largest absolute Gasteiger partial charge is 0.367 e. The number of rotatable bonds is 6. The summed E-state index contributed by atoms with van der Waals surface area (Å²) in [4.78, 5) is 26.8. The van der Waals surface area contributed by atoms with Gasteiger partial charge in [-0.2, -0.15) is 0 Å². The van der Waals surface area contributed by atoms with Gasteiger partial charge in [-0.3, -0.25) is 9.59 Å². The molecule has 0 spiro atoms. The highest BCUT2D eigenvalue weighted by Gasteiger charge is 2.22. The minimum Gasteiger partial charge on any atom is -0.367 e. The predicted molar refractivity (Wildman–Crippen MR) is 76.9 cm³/mol. The first-order valence-corrected chi connectivity index (χ1v) is 6.89. The molecule has 1 aliphatic rings. The van der Waals surface area contributed by atoms with Crippen LogP contribution in [0.1, 0.15) is 30.1 Å². The maximum atomic E-state index is 12.0. The van der Waals surface area contributed by atoms with Crippen LogP contribution < -0.4 is 16.0 Å². The van der Waals surface area contributed by atoms with Crippen molar-refractivity contribution in [2.45, 2.75) is 25.8 Å². The lowest BCUT2D eigenvalue weighted by Gasteiger charge is -2.09. The summed E-state index contributed by atoms with van der Waals surface area (Å²) in [6, 6.07) is 2.10. The van der Waals surface area contributed by atoms with E-state index < -0.39 is 0 Å². The fourth-order valence-corrected chi connectivity index (χ4v) is 1.83. The van der Waals surface area contributed by atoms with E-state index in [4.69, 9.17) is 11.6 Å². The molecule has 6 nitrogen and oxygen atoms in total. The van der Waals surface area contributed by atoms with Gasteiger partial charge < -0.3 is 16.0 Å². The van der Waals surface area contributed by atoms with Crippen LogP contribution in [0.25, 0.3) is 0 Å². The van der Waals surface area contributed by atoms with Gasteiger partial charge >= 0.3 is 0 Å². The van der Waals surface area contributed by atoms with Crippen LogP contribution in [-0.4, -0.2) is 35.9 Å². The number of carbonyl (C=O) groups excluding carboxylic acids is 2. The summed E-state index contributed by atoms with van der Waals surface area (Å²) in [5.41, 5.74) is 0.382. The van der Waals surface area contributed by atoms with Crippen molar-refractivity contribution in [3.05, 3.63) is 22.8 Å². The molecule has 0 unspecified atom stereocenters. The Hall–Kier alpha value is -1.82. The third kappa shape index (κ3) is 4.38. The van der Waals surface area contributed by atoms with Crippen LogP contribution in [0.5, 0.6) is 0 Å². The van der Waals surface area contributed by atoms with E-state index in [0.717, 1.165) is 12.8 Å². The number of anilines is 1. The topological polar surface area (TPSA) is 83.1 Å². The van der Waals surface area contributed by atoms with Crippen molar-refractivity contribution in [3.63, 3.8) is 0 Å². The Kier molecular flexibility index (Phi) is 4.79. The van der Waals surface area contributed by atoms with Crippen LogP contribution in [0.4, 0.5) is 5.82 Å². The molecule has 1 heterocycles. The van der Waals surface area contributed by atoms with Gasteiger partial charge in [-0.05, 0) is 18.9 Å². The minimum absolute atomic E-state index is 0.128. The molecule has 20 heavy (non-hydrogen) atoms. The van der Waals surface area contributed by atoms with Crippen molar-refractivity contribution in [3.8, 4) is 0 Å². The minimum atomic E-state index is -0.276. The highest BCUT2D eigenvalue weighted by atomic mass is 35.5. The molecule has 0 bridgehead atoms. The maximum Gasteiger partial charge on any atom is 0.253 e. The molecule has 0 radical (unpaired) electrons. The summed E-state index contributed by atoms with van der Waals surface area (Å²) < 4.78 is 0. The SMILES string of the molecule is CC(=O)NCCNC(=O)c1cc(NC2CC2)ncc1Cl. The first-order chi connectivity index (χ1) is 9.56. The van der Waals surface area contributed by atoms with Gasteiger partial charge in [0.25, 0.3) is 5.91 Å². The van der Waals surface area contributed by atoms with E-state index in [1.807, 2.05) is 0 Å². The van der Waals surface area contributed by atoms with Gasteiger partial charge in [-0.15, -0.1) is 0 Å². The second kappa shape index (κ2) is 6.56. The zero-order valence-corrected chi connectivity index (χ0v) is 12.0. The van der Waals surface area contributed by atoms with Crippen LogP contribution in [0.15, 0.2) is 12.3 Å². The van der Waals surface area contributed by atoms with E-state index in [1.165, 1.54) is 13.1 Å². The molecule has 2 rings (SSSR count). The third-order valence-electron chi connectivity index (χ3n) is 2.81. The summed E-state index contributed by atoms with van der Waals surface area (Å²) in [7, 11) is 0. The van der Waals surface area contributed by atoms with Gasteiger partial charge in [-0.25, -0.2) is 4.98 Å². The van der Waals surface area contributed by atoms with Gasteiger partial charge in [0.15, 0.2) is 0 Å². The molecule has 108 valence electrons. The van der Waals surface area contributed by atoms with Crippen LogP contribution in [0.3, 0.4) is 0 Å². The standard InChI is InChI=1S/C13H17ClN4O2/c1-8(19)15-4-5-16-13(20)10-6-12(17-7-11(10)14)18-9-2-3-9/h6-7,9H,2-5H2,1H3,(H,15,19)(H,16,20)(H,17,18). The predicted octanol–water partition coefficient (Wildman–Crippen LogP) is 1.18. The summed E-state index contributed by atoms with van der Waals surface area (Å²) >= 11 is 5.99. The monoisotopic (exact) mass is 296 g/mol. The van der Waals surface area contributed by atoms with Gasteiger partial charge in [0, 0.05) is 32.3 Å². The Balaban J connectivity index is 1.91. The average Bonchev–Trinajstić information content (AvgIpc) is 3.20. The zero-order chi connectivity index (χ0) is 14.5. The molecule has 2 amide bonds. The van der Waals surface area contributed by atoms with Gasteiger partial charge in [-0.1, -0.05) is 11.6 Å². The van der Waals surface area contributed by atoms with E-state index in [9.17, 15) is 9.59 Å². The number of nitrogens with zero attached hydrogens (tertiary/aromatic N) is 1. The van der Waals surface area contributed by atoms with Crippen LogP contribution in [0.2, 0.25) is 5.02 Å². The number of hydrogen-bond acceptors (Lipinski definition) is 4. The Morgan fingerprint density at radius 2 is 2.05 bits per heavy atom. The molecule has 0 atom stereocenters. The molecule has 1 aliphatic carbocycles. The highest BCUT2D eigenvalue weighted by molar-refractivity contribution is 6.33. The quantitative estimate of drug-likeness (QED) is 0.688. The molecule has 0 aliphatic heterocycles. The Bertz CT molecular complexity index is 517. The first-order valence-electron chi connectivity index (χ1n) is 6.51. The normalized spacial score (nSPS) is 13.7. The Labute approximate surface area is 122 Å². The number of aromatic nitrogens is 1. The lowest BCUT2D eigenvalue weighted by Crippen LogP contribution is -2.33. The molecular weight excluding hydrogens is 280 g/mol. The third-order valence-corrected chi connectivity index (χ3v) is 3.12. The van der Waals surface area contributed by atoms with Gasteiger partial charge in [0.2, 0.25) is 5.91 Å². The van der Waals surface area contributed by atoms with Crippen molar-refractivity contribution in [1.29, 1.82) is 0 Å². The molecule has 1 fully saturated rings. The van der Waals surface area contributed by atoms with E-state index in [2.05, 4.69) is 20.9 Å². The molecule has 7 heteroatoms. The number of halogens is 1. The first kappa shape index (κ1) is 14.6. The fourth-order valence-electron chi connectivity index (χ4n) is 1.64. The second-order valence-electron chi connectivity index (χ2n) is 4.71. The van der Waals surface area contributed by atoms with Crippen LogP contribution >= 0.6 is 11.6 Å². The van der Waals surface area contributed by atoms with Crippen molar-refractivity contribution in [2.24, 2.45) is 0 Å². The van der Waals surface area contributed by atoms with Gasteiger partial charge in [0.05, 0.1) is 10.6 Å². The number of pyridine rings is 1.